The quantitative estimate of drug-likeness (QED) is 0.897. The molecule has 0 saturated carbocycles. The lowest BCUT2D eigenvalue weighted by Gasteiger charge is -2.36. The molecule has 1 atom stereocenters. The number of carbonyl (C=O) groups is 1. The van der Waals surface area contributed by atoms with E-state index in [9.17, 15) is 9.18 Å². The molecule has 1 aromatic carbocycles. The van der Waals surface area contributed by atoms with E-state index in [0.29, 0.717) is 5.69 Å². The van der Waals surface area contributed by atoms with Crippen LogP contribution < -0.4 is 5.32 Å². The van der Waals surface area contributed by atoms with Gasteiger partial charge in [-0.25, -0.2) is 9.07 Å². The fraction of sp³-hybridized carbons (Fsp3) is 0.429. The highest BCUT2D eigenvalue weighted by Gasteiger charge is 2.36. The van der Waals surface area contributed by atoms with E-state index in [-0.39, 0.29) is 23.2 Å². The van der Waals surface area contributed by atoms with Crippen LogP contribution in [-0.4, -0.2) is 15.7 Å². The minimum atomic E-state index is -0.278. The van der Waals surface area contributed by atoms with Gasteiger partial charge in [0.1, 0.15) is 5.82 Å². The van der Waals surface area contributed by atoms with Gasteiger partial charge in [-0.3, -0.25) is 4.79 Å². The fourth-order valence-corrected chi connectivity index (χ4v) is 4.13. The van der Waals surface area contributed by atoms with Gasteiger partial charge >= 0.3 is 0 Å². The topological polar surface area (TPSA) is 46.9 Å². The van der Waals surface area contributed by atoms with Gasteiger partial charge in [0.2, 0.25) is 5.91 Å². The monoisotopic (exact) mass is 353 g/mol. The van der Waals surface area contributed by atoms with Gasteiger partial charge in [0, 0.05) is 11.1 Å². The molecule has 0 fully saturated rings. The summed E-state index contributed by atoms with van der Waals surface area (Å²) in [6, 6.07) is 6.41. The number of nitrogens with one attached hydrogen (secondary N) is 1. The van der Waals surface area contributed by atoms with Crippen molar-refractivity contribution in [3.8, 4) is 5.69 Å². The molecule has 2 aliphatic rings. The van der Waals surface area contributed by atoms with Crippen molar-refractivity contribution in [3.05, 3.63) is 59.2 Å². The molecule has 0 radical (unpaired) electrons. The fourth-order valence-electron chi connectivity index (χ4n) is 4.13. The Hall–Kier alpha value is -2.43. The SMILES string of the molecule is CC1(C)Cc2c(cnn2-c2cccc(F)c2)[C@H](NC(=O)C2=CCCC2)C1. The van der Waals surface area contributed by atoms with Gasteiger partial charge in [-0.05, 0) is 55.7 Å². The minimum absolute atomic E-state index is 0.0279. The summed E-state index contributed by atoms with van der Waals surface area (Å²) in [6.45, 7) is 4.40. The summed E-state index contributed by atoms with van der Waals surface area (Å²) in [7, 11) is 0. The van der Waals surface area contributed by atoms with Crippen LogP contribution in [0.2, 0.25) is 0 Å². The van der Waals surface area contributed by atoms with E-state index in [1.165, 1.54) is 12.1 Å². The Kier molecular flexibility index (Phi) is 4.17. The molecule has 0 unspecified atom stereocenters. The van der Waals surface area contributed by atoms with Gasteiger partial charge in [0.05, 0.1) is 23.6 Å². The van der Waals surface area contributed by atoms with Crippen molar-refractivity contribution in [3.63, 3.8) is 0 Å². The molecule has 1 N–H and O–H groups in total. The maximum atomic E-state index is 13.7. The number of fused-ring (bicyclic) bond motifs is 1. The van der Waals surface area contributed by atoms with E-state index >= 15 is 0 Å². The van der Waals surface area contributed by atoms with E-state index in [0.717, 1.165) is 48.9 Å². The zero-order valence-corrected chi connectivity index (χ0v) is 15.3. The average molecular weight is 353 g/mol. The van der Waals surface area contributed by atoms with Crippen LogP contribution in [0.4, 0.5) is 4.39 Å². The first-order valence-corrected chi connectivity index (χ1v) is 9.26. The largest absolute Gasteiger partial charge is 0.345 e. The number of hydrogen-bond acceptors (Lipinski definition) is 2. The Morgan fingerprint density at radius 1 is 1.38 bits per heavy atom. The molecule has 136 valence electrons. The van der Waals surface area contributed by atoms with Gasteiger partial charge in [-0.2, -0.15) is 5.10 Å². The molecule has 26 heavy (non-hydrogen) atoms. The molecule has 4 rings (SSSR count). The van der Waals surface area contributed by atoms with Crippen molar-refractivity contribution in [2.45, 2.75) is 52.0 Å². The number of hydrogen-bond donors (Lipinski definition) is 1. The zero-order valence-electron chi connectivity index (χ0n) is 15.3. The van der Waals surface area contributed by atoms with Crippen molar-refractivity contribution in [1.82, 2.24) is 15.1 Å². The van der Waals surface area contributed by atoms with E-state index in [4.69, 9.17) is 0 Å². The Bertz CT molecular complexity index is 881. The smallest absolute Gasteiger partial charge is 0.247 e. The molecule has 1 aromatic heterocycles. The molecule has 0 saturated heterocycles. The van der Waals surface area contributed by atoms with Crippen molar-refractivity contribution in [1.29, 1.82) is 0 Å². The lowest BCUT2D eigenvalue weighted by molar-refractivity contribution is -0.118. The number of benzene rings is 1. The van der Waals surface area contributed by atoms with Gasteiger partial charge < -0.3 is 5.32 Å². The lowest BCUT2D eigenvalue weighted by Crippen LogP contribution is -2.37. The summed E-state index contributed by atoms with van der Waals surface area (Å²) in [5.74, 6) is -0.241. The number of aromatic nitrogens is 2. The second-order valence-corrected chi connectivity index (χ2v) is 8.13. The second-order valence-electron chi connectivity index (χ2n) is 8.13. The summed E-state index contributed by atoms with van der Waals surface area (Å²) in [5.41, 5.74) is 3.73. The zero-order chi connectivity index (χ0) is 18.3. The number of nitrogens with zero attached hydrogens (tertiary/aromatic N) is 2. The number of rotatable bonds is 3. The van der Waals surface area contributed by atoms with Crippen LogP contribution >= 0.6 is 0 Å². The summed E-state index contributed by atoms with van der Waals surface area (Å²) in [4.78, 5) is 12.6. The standard InChI is InChI=1S/C21H24FN3O/c1-21(2)11-18(24-20(26)14-6-3-4-7-14)17-13-23-25(19(17)12-21)16-9-5-8-15(22)10-16/h5-6,8-10,13,18H,3-4,7,11-12H2,1-2H3,(H,24,26)/t18-/m1/s1. The molecule has 0 aliphatic heterocycles. The molecule has 2 aliphatic carbocycles. The number of halogens is 1. The lowest BCUT2D eigenvalue weighted by atomic mass is 9.74. The number of amides is 1. The second kappa shape index (κ2) is 6.38. The predicted octanol–water partition coefficient (Wildman–Crippen LogP) is 4.25. The van der Waals surface area contributed by atoms with Crippen LogP contribution in [0, 0.1) is 11.2 Å². The third-order valence-electron chi connectivity index (χ3n) is 5.37. The highest BCUT2D eigenvalue weighted by Crippen LogP contribution is 2.41. The summed E-state index contributed by atoms with van der Waals surface area (Å²) in [6.07, 6.45) is 8.48. The molecule has 0 bridgehead atoms. The maximum absolute atomic E-state index is 13.7. The molecular weight excluding hydrogens is 329 g/mol. The van der Waals surface area contributed by atoms with Crippen molar-refractivity contribution < 1.29 is 9.18 Å². The molecule has 4 nitrogen and oxygen atoms in total. The molecule has 5 heteroatoms. The Morgan fingerprint density at radius 3 is 2.96 bits per heavy atom. The highest BCUT2D eigenvalue weighted by atomic mass is 19.1. The maximum Gasteiger partial charge on any atom is 0.247 e. The molecular formula is C21H24FN3O. The predicted molar refractivity (Wildman–Crippen MR) is 98.4 cm³/mol. The summed E-state index contributed by atoms with van der Waals surface area (Å²) in [5, 5.41) is 7.73. The van der Waals surface area contributed by atoms with Crippen LogP contribution in [-0.2, 0) is 11.2 Å². The molecule has 1 amide bonds. The van der Waals surface area contributed by atoms with E-state index in [1.54, 1.807) is 6.07 Å². The molecule has 0 spiro atoms. The summed E-state index contributed by atoms with van der Waals surface area (Å²) >= 11 is 0. The Balaban J connectivity index is 1.68. The average Bonchev–Trinajstić information content (AvgIpc) is 3.23. The van der Waals surface area contributed by atoms with Crippen LogP contribution in [0.5, 0.6) is 0 Å². The van der Waals surface area contributed by atoms with Crippen LogP contribution in [0.3, 0.4) is 0 Å². The van der Waals surface area contributed by atoms with E-state index < -0.39 is 0 Å². The van der Waals surface area contributed by atoms with E-state index in [1.807, 2.05) is 23.0 Å². The van der Waals surface area contributed by atoms with Crippen molar-refractivity contribution in [2.24, 2.45) is 5.41 Å². The summed E-state index contributed by atoms with van der Waals surface area (Å²) < 4.78 is 15.5. The highest BCUT2D eigenvalue weighted by molar-refractivity contribution is 5.94. The van der Waals surface area contributed by atoms with Crippen LogP contribution in [0.25, 0.3) is 5.69 Å². The third-order valence-corrected chi connectivity index (χ3v) is 5.37. The van der Waals surface area contributed by atoms with Crippen molar-refractivity contribution in [2.75, 3.05) is 0 Å². The molecule has 2 aromatic rings. The van der Waals surface area contributed by atoms with Crippen LogP contribution in [0.1, 0.15) is 56.8 Å². The van der Waals surface area contributed by atoms with Gasteiger partial charge in [0.15, 0.2) is 0 Å². The van der Waals surface area contributed by atoms with Gasteiger partial charge in [0.25, 0.3) is 0 Å². The van der Waals surface area contributed by atoms with E-state index in [2.05, 4.69) is 24.3 Å². The Labute approximate surface area is 153 Å². The first-order chi connectivity index (χ1) is 12.4. The van der Waals surface area contributed by atoms with Crippen LogP contribution in [0.15, 0.2) is 42.1 Å². The number of allylic oxidation sites excluding steroid dienone is 1. The minimum Gasteiger partial charge on any atom is -0.345 e. The van der Waals surface area contributed by atoms with Gasteiger partial charge in [-0.15, -0.1) is 0 Å². The molecule has 1 heterocycles. The first-order valence-electron chi connectivity index (χ1n) is 9.26. The third kappa shape index (κ3) is 3.18. The number of carbonyl (C=O) groups excluding carboxylic acids is 1. The van der Waals surface area contributed by atoms with Gasteiger partial charge in [-0.1, -0.05) is 26.0 Å². The van der Waals surface area contributed by atoms with Crippen molar-refractivity contribution >= 4 is 5.91 Å². The Morgan fingerprint density at radius 2 is 2.23 bits per heavy atom. The normalized spacial score (nSPS) is 21.2. The first kappa shape index (κ1) is 17.0.